The molecule has 1 amide bonds. The Morgan fingerprint density at radius 2 is 2.00 bits per heavy atom. The molecule has 1 aromatic heterocycles. The predicted molar refractivity (Wildman–Crippen MR) is 78.9 cm³/mol. The highest BCUT2D eigenvalue weighted by molar-refractivity contribution is 7.10. The number of carbonyl (C=O) groups is 1. The van der Waals surface area contributed by atoms with Crippen LogP contribution in [0, 0.1) is 0 Å². The van der Waals surface area contributed by atoms with E-state index < -0.39 is 0 Å². The van der Waals surface area contributed by atoms with Crippen LogP contribution in [-0.2, 0) is 16.1 Å². The highest BCUT2D eigenvalue weighted by atomic mass is 32.1. The van der Waals surface area contributed by atoms with Gasteiger partial charge in [0, 0.05) is 12.6 Å². The zero-order chi connectivity index (χ0) is 13.9. The fourth-order valence-corrected chi connectivity index (χ4v) is 2.99. The van der Waals surface area contributed by atoms with Crippen molar-refractivity contribution < 1.29 is 9.53 Å². The molecular weight excluding hydrogens is 270 g/mol. The maximum Gasteiger partial charge on any atom is 0.253 e. The number of hydrogen-bond acceptors (Lipinski definition) is 3. The minimum atomic E-state index is -0.326. The summed E-state index contributed by atoms with van der Waals surface area (Å²) in [6, 6.07) is 13.9. The highest BCUT2D eigenvalue weighted by Crippen LogP contribution is 2.32. The minimum absolute atomic E-state index is 0.00370. The van der Waals surface area contributed by atoms with Crippen molar-refractivity contribution in [3.05, 3.63) is 70.1 Å². The Balaban J connectivity index is 1.90. The third-order valence-corrected chi connectivity index (χ3v) is 4.08. The van der Waals surface area contributed by atoms with Crippen LogP contribution in [0.4, 0.5) is 0 Å². The van der Waals surface area contributed by atoms with E-state index in [4.69, 9.17) is 4.74 Å². The molecule has 0 aliphatic carbocycles. The van der Waals surface area contributed by atoms with E-state index in [2.05, 4.69) is 0 Å². The lowest BCUT2D eigenvalue weighted by Crippen LogP contribution is -2.37. The van der Waals surface area contributed by atoms with E-state index >= 15 is 0 Å². The van der Waals surface area contributed by atoms with E-state index in [9.17, 15) is 4.79 Å². The summed E-state index contributed by atoms with van der Waals surface area (Å²) < 4.78 is 5.86. The normalized spacial score (nSPS) is 18.6. The Kier molecular flexibility index (Phi) is 3.56. The Morgan fingerprint density at radius 3 is 2.70 bits per heavy atom. The van der Waals surface area contributed by atoms with Gasteiger partial charge in [0.15, 0.2) is 0 Å². The van der Waals surface area contributed by atoms with Crippen LogP contribution in [0.2, 0.25) is 0 Å². The van der Waals surface area contributed by atoms with E-state index in [-0.39, 0.29) is 12.1 Å². The van der Waals surface area contributed by atoms with Crippen molar-refractivity contribution in [2.45, 2.75) is 19.7 Å². The minimum Gasteiger partial charge on any atom is -0.470 e. The largest absolute Gasteiger partial charge is 0.470 e. The molecule has 0 spiro atoms. The highest BCUT2D eigenvalue weighted by Gasteiger charge is 2.30. The summed E-state index contributed by atoms with van der Waals surface area (Å²) in [4.78, 5) is 15.1. The van der Waals surface area contributed by atoms with Gasteiger partial charge in [-0.25, -0.2) is 0 Å². The number of nitrogens with zero attached hydrogens (tertiary/aromatic N) is 1. The summed E-state index contributed by atoms with van der Waals surface area (Å²) in [5.74, 6) is 0.661. The van der Waals surface area contributed by atoms with E-state index in [0.717, 1.165) is 10.4 Å². The molecule has 1 atom stereocenters. The number of carbonyl (C=O) groups excluding carboxylic acids is 1. The smallest absolute Gasteiger partial charge is 0.253 e. The molecule has 1 aromatic carbocycles. The van der Waals surface area contributed by atoms with Gasteiger partial charge >= 0.3 is 0 Å². The van der Waals surface area contributed by atoms with Crippen LogP contribution in [0.25, 0.3) is 0 Å². The average Bonchev–Trinajstić information content (AvgIpc) is 2.96. The van der Waals surface area contributed by atoms with Crippen LogP contribution in [0.1, 0.15) is 23.6 Å². The molecule has 3 nitrogen and oxygen atoms in total. The average molecular weight is 285 g/mol. The topological polar surface area (TPSA) is 29.5 Å². The molecule has 0 bridgehead atoms. The fourth-order valence-electron chi connectivity index (χ4n) is 2.23. The Labute approximate surface area is 122 Å². The Morgan fingerprint density at radius 1 is 1.20 bits per heavy atom. The molecule has 1 aliphatic heterocycles. The first-order chi connectivity index (χ1) is 9.74. The van der Waals surface area contributed by atoms with Crippen LogP contribution in [0.5, 0.6) is 0 Å². The Hall–Kier alpha value is -2.07. The van der Waals surface area contributed by atoms with E-state index in [1.807, 2.05) is 54.8 Å². The molecule has 0 fully saturated rings. The molecule has 20 heavy (non-hydrogen) atoms. The molecule has 1 unspecified atom stereocenters. The lowest BCUT2D eigenvalue weighted by molar-refractivity contribution is -0.143. The number of ether oxygens (including phenoxy) is 1. The lowest BCUT2D eigenvalue weighted by atomic mass is 10.2. The number of benzene rings is 1. The van der Waals surface area contributed by atoms with Gasteiger partial charge in [-0.3, -0.25) is 9.69 Å². The lowest BCUT2D eigenvalue weighted by Gasteiger charge is -2.34. The summed E-state index contributed by atoms with van der Waals surface area (Å²) in [5, 5.41) is 2.00. The third kappa shape index (κ3) is 2.60. The van der Waals surface area contributed by atoms with Gasteiger partial charge in [0.2, 0.25) is 6.23 Å². The second-order valence-electron chi connectivity index (χ2n) is 4.69. The van der Waals surface area contributed by atoms with Gasteiger partial charge in [0.05, 0.1) is 4.88 Å². The van der Waals surface area contributed by atoms with Crippen molar-refractivity contribution in [3.8, 4) is 0 Å². The third-order valence-electron chi connectivity index (χ3n) is 3.17. The summed E-state index contributed by atoms with van der Waals surface area (Å²) in [7, 11) is 0. The number of rotatable bonds is 3. The maximum absolute atomic E-state index is 12.3. The van der Waals surface area contributed by atoms with Gasteiger partial charge < -0.3 is 4.74 Å². The first-order valence-corrected chi connectivity index (χ1v) is 7.35. The van der Waals surface area contributed by atoms with Gasteiger partial charge in [-0.2, -0.15) is 0 Å². The molecule has 2 heterocycles. The molecule has 1 aliphatic rings. The summed E-state index contributed by atoms with van der Waals surface area (Å²) in [6.45, 7) is 2.37. The molecule has 2 aromatic rings. The standard InChI is InChI=1S/C16H15NO2S/c1-12-10-15(18)17(11-13-6-3-2-4-7-13)16(19-12)14-8-5-9-20-14/h2-10,16H,11H2,1H3. The van der Waals surface area contributed by atoms with Crippen molar-refractivity contribution in [3.63, 3.8) is 0 Å². The first-order valence-electron chi connectivity index (χ1n) is 6.47. The summed E-state index contributed by atoms with van der Waals surface area (Å²) in [5.41, 5.74) is 1.10. The van der Waals surface area contributed by atoms with Gasteiger partial charge in [0.25, 0.3) is 5.91 Å². The fraction of sp³-hybridized carbons (Fsp3) is 0.188. The molecule has 4 heteroatoms. The monoisotopic (exact) mass is 285 g/mol. The molecule has 3 rings (SSSR count). The van der Waals surface area contributed by atoms with Crippen LogP contribution in [0.3, 0.4) is 0 Å². The zero-order valence-electron chi connectivity index (χ0n) is 11.2. The summed E-state index contributed by atoms with van der Waals surface area (Å²) in [6.07, 6.45) is 1.22. The molecule has 0 radical (unpaired) electrons. The van der Waals surface area contributed by atoms with Crippen molar-refractivity contribution in [2.75, 3.05) is 0 Å². The molecule has 0 saturated carbocycles. The molecular formula is C16H15NO2S. The van der Waals surface area contributed by atoms with Crippen molar-refractivity contribution in [1.82, 2.24) is 4.90 Å². The number of allylic oxidation sites excluding steroid dienone is 1. The first kappa shape index (κ1) is 12.9. The van der Waals surface area contributed by atoms with Gasteiger partial charge in [-0.15, -0.1) is 11.3 Å². The molecule has 102 valence electrons. The van der Waals surface area contributed by atoms with E-state index in [1.165, 1.54) is 0 Å². The molecule has 0 N–H and O–H groups in total. The summed E-state index contributed by atoms with van der Waals surface area (Å²) >= 11 is 1.60. The number of thiophene rings is 1. The van der Waals surface area contributed by atoms with Gasteiger partial charge in [0.1, 0.15) is 5.76 Å². The number of amides is 1. The number of hydrogen-bond donors (Lipinski definition) is 0. The SMILES string of the molecule is CC1=CC(=O)N(Cc2ccccc2)C(c2cccs2)O1. The van der Waals surface area contributed by atoms with Crippen LogP contribution >= 0.6 is 11.3 Å². The van der Waals surface area contributed by atoms with Crippen molar-refractivity contribution >= 4 is 17.2 Å². The van der Waals surface area contributed by atoms with Gasteiger partial charge in [-0.05, 0) is 23.9 Å². The second kappa shape index (κ2) is 5.51. The maximum atomic E-state index is 12.3. The quantitative estimate of drug-likeness (QED) is 0.860. The predicted octanol–water partition coefficient (Wildman–Crippen LogP) is 3.71. The van der Waals surface area contributed by atoms with Gasteiger partial charge in [-0.1, -0.05) is 36.4 Å². The van der Waals surface area contributed by atoms with Crippen molar-refractivity contribution in [2.24, 2.45) is 0 Å². The van der Waals surface area contributed by atoms with E-state index in [1.54, 1.807) is 22.3 Å². The van der Waals surface area contributed by atoms with Crippen molar-refractivity contribution in [1.29, 1.82) is 0 Å². The van der Waals surface area contributed by atoms with Crippen LogP contribution in [0.15, 0.2) is 59.7 Å². The van der Waals surface area contributed by atoms with Crippen LogP contribution < -0.4 is 0 Å². The zero-order valence-corrected chi connectivity index (χ0v) is 12.0. The second-order valence-corrected chi connectivity index (χ2v) is 5.67. The van der Waals surface area contributed by atoms with E-state index in [0.29, 0.717) is 12.3 Å². The Bertz CT molecular complexity index is 619. The van der Waals surface area contributed by atoms with Crippen LogP contribution in [-0.4, -0.2) is 10.8 Å². The molecule has 0 saturated heterocycles.